The van der Waals surface area contributed by atoms with Crippen molar-refractivity contribution in [1.82, 2.24) is 10.2 Å². The minimum atomic E-state index is -0.708. The number of nitrogens with zero attached hydrogens (tertiary/aromatic N) is 1. The molecule has 0 aliphatic carbocycles. The Morgan fingerprint density at radius 2 is 1.55 bits per heavy atom. The average Bonchev–Trinajstić information content (AvgIpc) is 2.90. The van der Waals surface area contributed by atoms with Crippen LogP contribution in [-0.2, 0) is 22.6 Å². The summed E-state index contributed by atoms with van der Waals surface area (Å²) in [4.78, 5) is 30.0. The van der Waals surface area contributed by atoms with Crippen molar-refractivity contribution >= 4 is 58.4 Å². The van der Waals surface area contributed by atoms with E-state index >= 15 is 0 Å². The summed E-state index contributed by atoms with van der Waals surface area (Å²) < 4.78 is 0. The summed E-state index contributed by atoms with van der Waals surface area (Å²) in [5, 5.41) is 4.66. The van der Waals surface area contributed by atoms with Crippen LogP contribution < -0.4 is 5.32 Å². The number of amides is 2. The molecule has 2 amide bonds. The molecule has 3 aromatic rings. The van der Waals surface area contributed by atoms with Crippen molar-refractivity contribution in [1.29, 1.82) is 0 Å². The number of rotatable bonds is 13. The minimum Gasteiger partial charge on any atom is -0.354 e. The van der Waals surface area contributed by atoms with Gasteiger partial charge < -0.3 is 10.2 Å². The van der Waals surface area contributed by atoms with E-state index in [0.29, 0.717) is 46.4 Å². The molecule has 0 aromatic heterocycles. The fourth-order valence-electron chi connectivity index (χ4n) is 3.92. The van der Waals surface area contributed by atoms with Crippen LogP contribution in [0.25, 0.3) is 0 Å². The summed E-state index contributed by atoms with van der Waals surface area (Å²) >= 11 is 20.6. The van der Waals surface area contributed by atoms with Crippen molar-refractivity contribution in [3.05, 3.63) is 99.0 Å². The van der Waals surface area contributed by atoms with Gasteiger partial charge in [-0.25, -0.2) is 0 Å². The predicted octanol–water partition coefficient (Wildman–Crippen LogP) is 7.93. The second-order valence-electron chi connectivity index (χ2n) is 9.47. The zero-order chi connectivity index (χ0) is 27.5. The summed E-state index contributed by atoms with van der Waals surface area (Å²) in [6, 6.07) is 21.9. The number of halogens is 3. The molecule has 4 nitrogen and oxygen atoms in total. The van der Waals surface area contributed by atoms with Gasteiger partial charge in [-0.15, -0.1) is 11.8 Å². The van der Waals surface area contributed by atoms with Crippen molar-refractivity contribution in [3.8, 4) is 0 Å². The summed E-state index contributed by atoms with van der Waals surface area (Å²) in [5.41, 5.74) is 1.60. The highest BCUT2D eigenvalue weighted by Crippen LogP contribution is 2.28. The average molecular weight is 592 g/mol. The standard InChI is InChI=1S/C30H33Cl3N2O2S/c1-21(2)19-34-30(37)28(18-22-8-4-3-5-9-22)35(20-25-26(32)10-6-11-27(25)33)29(36)12-7-17-38-24-15-13-23(31)14-16-24/h3-6,8-11,13-16,21,28H,7,12,17-20H2,1-2H3,(H,34,37)/t28-/m1/s1. The van der Waals surface area contributed by atoms with Gasteiger partial charge in [-0.3, -0.25) is 9.59 Å². The first kappa shape index (κ1) is 30.4. The minimum absolute atomic E-state index is 0.113. The van der Waals surface area contributed by atoms with E-state index in [1.54, 1.807) is 34.9 Å². The third kappa shape index (κ3) is 9.53. The monoisotopic (exact) mass is 590 g/mol. The predicted molar refractivity (Wildman–Crippen MR) is 160 cm³/mol. The van der Waals surface area contributed by atoms with Crippen molar-refractivity contribution in [2.24, 2.45) is 5.92 Å². The number of hydrogen-bond donors (Lipinski definition) is 1. The quantitative estimate of drug-likeness (QED) is 0.162. The Morgan fingerprint density at radius 3 is 2.18 bits per heavy atom. The van der Waals surface area contributed by atoms with Gasteiger partial charge in [0.05, 0.1) is 0 Å². The molecule has 0 saturated heterocycles. The molecule has 0 unspecified atom stereocenters. The van der Waals surface area contributed by atoms with E-state index in [1.807, 2.05) is 68.4 Å². The Bertz CT molecular complexity index is 1170. The lowest BCUT2D eigenvalue weighted by molar-refractivity contribution is -0.141. The van der Waals surface area contributed by atoms with E-state index in [1.165, 1.54) is 0 Å². The van der Waals surface area contributed by atoms with Gasteiger partial charge in [0.25, 0.3) is 0 Å². The van der Waals surface area contributed by atoms with E-state index in [-0.39, 0.29) is 24.3 Å². The van der Waals surface area contributed by atoms with E-state index in [9.17, 15) is 9.59 Å². The van der Waals surface area contributed by atoms with Crippen LogP contribution in [0.2, 0.25) is 15.1 Å². The van der Waals surface area contributed by atoms with Gasteiger partial charge in [0, 0.05) is 51.5 Å². The number of nitrogens with one attached hydrogen (secondary N) is 1. The Kier molecular flexibility index (Phi) is 12.3. The van der Waals surface area contributed by atoms with Crippen LogP contribution in [0.5, 0.6) is 0 Å². The molecule has 0 fully saturated rings. The first-order valence-corrected chi connectivity index (χ1v) is 14.8. The van der Waals surface area contributed by atoms with E-state index in [0.717, 1.165) is 16.2 Å². The van der Waals surface area contributed by atoms with E-state index < -0.39 is 6.04 Å². The Labute approximate surface area is 245 Å². The first-order chi connectivity index (χ1) is 18.2. The Hall–Kier alpha value is -2.18. The first-order valence-electron chi connectivity index (χ1n) is 12.7. The second-order valence-corrected chi connectivity index (χ2v) is 11.9. The molecule has 0 bridgehead atoms. The highest BCUT2D eigenvalue weighted by molar-refractivity contribution is 7.99. The van der Waals surface area contributed by atoms with Crippen LogP contribution in [0, 0.1) is 5.92 Å². The lowest BCUT2D eigenvalue weighted by atomic mass is 10.0. The highest BCUT2D eigenvalue weighted by atomic mass is 35.5. The Balaban J connectivity index is 1.83. The van der Waals surface area contributed by atoms with Gasteiger partial charge in [0.15, 0.2) is 0 Å². The van der Waals surface area contributed by atoms with Crippen molar-refractivity contribution in [2.75, 3.05) is 12.3 Å². The molecule has 8 heteroatoms. The fourth-order valence-corrected chi connectivity index (χ4v) is 5.41. The van der Waals surface area contributed by atoms with Gasteiger partial charge in [0.1, 0.15) is 6.04 Å². The SMILES string of the molecule is CC(C)CNC(=O)[C@@H](Cc1ccccc1)N(Cc1c(Cl)cccc1Cl)C(=O)CCCSc1ccc(Cl)cc1. The molecule has 0 aliphatic heterocycles. The molecule has 0 spiro atoms. The normalized spacial score (nSPS) is 11.8. The maximum atomic E-state index is 13.7. The molecule has 0 radical (unpaired) electrons. The van der Waals surface area contributed by atoms with E-state index in [2.05, 4.69) is 5.32 Å². The summed E-state index contributed by atoms with van der Waals surface area (Å²) in [6.45, 7) is 4.75. The molecule has 0 heterocycles. The maximum absolute atomic E-state index is 13.7. The summed E-state index contributed by atoms with van der Waals surface area (Å²) in [5.74, 6) is 0.744. The molecule has 1 atom stereocenters. The molecular weight excluding hydrogens is 559 g/mol. The molecule has 0 aliphatic rings. The van der Waals surface area contributed by atoms with Crippen molar-refractivity contribution in [3.63, 3.8) is 0 Å². The third-order valence-corrected chi connectivity index (χ3v) is 8.02. The van der Waals surface area contributed by atoms with Crippen molar-refractivity contribution < 1.29 is 9.59 Å². The Morgan fingerprint density at radius 1 is 0.895 bits per heavy atom. The molecule has 1 N–H and O–H groups in total. The highest BCUT2D eigenvalue weighted by Gasteiger charge is 2.31. The van der Waals surface area contributed by atoms with Gasteiger partial charge in [0.2, 0.25) is 11.8 Å². The topological polar surface area (TPSA) is 49.4 Å². The van der Waals surface area contributed by atoms with Gasteiger partial charge in [-0.05, 0) is 60.1 Å². The maximum Gasteiger partial charge on any atom is 0.243 e. The fraction of sp³-hybridized carbons (Fsp3) is 0.333. The zero-order valence-electron chi connectivity index (χ0n) is 21.6. The smallest absolute Gasteiger partial charge is 0.243 e. The molecule has 3 rings (SSSR count). The van der Waals surface area contributed by atoms with Crippen LogP contribution in [0.4, 0.5) is 0 Å². The number of carbonyl (C=O) groups excluding carboxylic acids is 2. The van der Waals surface area contributed by atoms with Gasteiger partial charge >= 0.3 is 0 Å². The third-order valence-electron chi connectivity index (χ3n) is 5.96. The number of carbonyl (C=O) groups is 2. The lowest BCUT2D eigenvalue weighted by Crippen LogP contribution is -2.51. The summed E-state index contributed by atoms with van der Waals surface area (Å²) in [6.07, 6.45) is 1.34. The lowest BCUT2D eigenvalue weighted by Gasteiger charge is -2.32. The molecular formula is C30H33Cl3N2O2S. The largest absolute Gasteiger partial charge is 0.354 e. The second kappa shape index (κ2) is 15.4. The molecule has 202 valence electrons. The summed E-state index contributed by atoms with van der Waals surface area (Å²) in [7, 11) is 0. The number of thioether (sulfide) groups is 1. The van der Waals surface area contributed by atoms with Crippen LogP contribution in [0.1, 0.15) is 37.8 Å². The van der Waals surface area contributed by atoms with E-state index in [4.69, 9.17) is 34.8 Å². The number of benzene rings is 3. The van der Waals surface area contributed by atoms with Gasteiger partial charge in [-0.2, -0.15) is 0 Å². The van der Waals surface area contributed by atoms with Crippen LogP contribution in [-0.4, -0.2) is 35.1 Å². The zero-order valence-corrected chi connectivity index (χ0v) is 24.7. The van der Waals surface area contributed by atoms with Crippen LogP contribution in [0.15, 0.2) is 77.7 Å². The molecule has 3 aromatic carbocycles. The molecule has 0 saturated carbocycles. The van der Waals surface area contributed by atoms with Crippen LogP contribution >= 0.6 is 46.6 Å². The van der Waals surface area contributed by atoms with Crippen molar-refractivity contribution in [2.45, 2.75) is 50.6 Å². The molecule has 38 heavy (non-hydrogen) atoms. The van der Waals surface area contributed by atoms with Gasteiger partial charge in [-0.1, -0.05) is 85.0 Å². The number of hydrogen-bond acceptors (Lipinski definition) is 3. The van der Waals surface area contributed by atoms with Crippen LogP contribution in [0.3, 0.4) is 0 Å².